The van der Waals surface area contributed by atoms with Crippen LogP contribution in [0.3, 0.4) is 0 Å². The van der Waals surface area contributed by atoms with Gasteiger partial charge in [0.25, 0.3) is 0 Å². The van der Waals surface area contributed by atoms with Gasteiger partial charge in [0, 0.05) is 28.8 Å². The van der Waals surface area contributed by atoms with E-state index in [0.29, 0.717) is 0 Å². The van der Waals surface area contributed by atoms with Crippen LogP contribution in [0.25, 0.3) is 10.9 Å². The largest absolute Gasteiger partial charge is 0.384 e. The standard InChI is InChI=1S/C26H40ClN3/c27-23-14-15-24-25(16-18-29-26(24)22-23)28-17-10-7-5-3-1-2-4-6-8-11-19-30-20-12-9-13-21-30/h14-16,18,22H,1-13,17,19-21H2,(H,28,29). The summed E-state index contributed by atoms with van der Waals surface area (Å²) in [6.45, 7) is 5.07. The van der Waals surface area contributed by atoms with E-state index in [1.54, 1.807) is 0 Å². The molecule has 1 fully saturated rings. The number of unbranched alkanes of at least 4 members (excludes halogenated alkanes) is 9. The van der Waals surface area contributed by atoms with E-state index < -0.39 is 0 Å². The Bertz CT molecular complexity index is 727. The number of benzene rings is 1. The average Bonchev–Trinajstić information content (AvgIpc) is 2.77. The third kappa shape index (κ3) is 8.43. The Labute approximate surface area is 188 Å². The number of nitrogens with one attached hydrogen (secondary N) is 1. The van der Waals surface area contributed by atoms with Crippen LogP contribution in [0, 0.1) is 0 Å². The summed E-state index contributed by atoms with van der Waals surface area (Å²) in [7, 11) is 0. The van der Waals surface area contributed by atoms with Crippen LogP contribution in [0.1, 0.15) is 83.5 Å². The van der Waals surface area contributed by atoms with Gasteiger partial charge in [0.2, 0.25) is 0 Å². The van der Waals surface area contributed by atoms with E-state index in [4.69, 9.17) is 11.6 Å². The lowest BCUT2D eigenvalue weighted by Crippen LogP contribution is -2.30. The smallest absolute Gasteiger partial charge is 0.0737 e. The SMILES string of the molecule is Clc1ccc2c(NCCCCCCCCCCCCN3CCCCC3)ccnc2c1. The van der Waals surface area contributed by atoms with E-state index in [0.717, 1.165) is 28.2 Å². The van der Waals surface area contributed by atoms with E-state index in [9.17, 15) is 0 Å². The van der Waals surface area contributed by atoms with Gasteiger partial charge in [-0.05, 0) is 69.6 Å². The summed E-state index contributed by atoms with van der Waals surface area (Å²) in [6.07, 6.45) is 20.0. The van der Waals surface area contributed by atoms with Crippen LogP contribution in [0.15, 0.2) is 30.5 Å². The molecular weight excluding hydrogens is 390 g/mol. The van der Waals surface area contributed by atoms with Crippen molar-refractivity contribution in [2.75, 3.05) is 31.5 Å². The first-order valence-corrected chi connectivity index (χ1v) is 12.7. The first kappa shape index (κ1) is 23.3. The number of hydrogen-bond donors (Lipinski definition) is 1. The number of anilines is 1. The van der Waals surface area contributed by atoms with E-state index >= 15 is 0 Å². The summed E-state index contributed by atoms with van der Waals surface area (Å²) >= 11 is 6.07. The van der Waals surface area contributed by atoms with Gasteiger partial charge < -0.3 is 10.2 Å². The summed E-state index contributed by atoms with van der Waals surface area (Å²) in [5, 5.41) is 5.47. The molecule has 0 bridgehead atoms. The van der Waals surface area contributed by atoms with Gasteiger partial charge in [0.15, 0.2) is 0 Å². The number of likely N-dealkylation sites (tertiary alicyclic amines) is 1. The van der Waals surface area contributed by atoms with Gasteiger partial charge in [-0.1, -0.05) is 69.4 Å². The zero-order valence-electron chi connectivity index (χ0n) is 18.7. The summed E-state index contributed by atoms with van der Waals surface area (Å²) in [5.74, 6) is 0. The molecule has 2 heterocycles. The third-order valence-corrected chi connectivity index (χ3v) is 6.61. The molecule has 0 atom stereocenters. The molecule has 2 aromatic rings. The lowest BCUT2D eigenvalue weighted by atomic mass is 10.1. The molecule has 0 saturated carbocycles. The van der Waals surface area contributed by atoms with Crippen LogP contribution in [-0.4, -0.2) is 36.1 Å². The Morgan fingerprint density at radius 1 is 0.800 bits per heavy atom. The van der Waals surface area contributed by atoms with Crippen LogP contribution in [-0.2, 0) is 0 Å². The molecule has 0 aliphatic carbocycles. The fourth-order valence-electron chi connectivity index (χ4n) is 4.56. The highest BCUT2D eigenvalue weighted by molar-refractivity contribution is 6.31. The van der Waals surface area contributed by atoms with E-state index in [-0.39, 0.29) is 0 Å². The normalized spacial score (nSPS) is 15.0. The van der Waals surface area contributed by atoms with Gasteiger partial charge >= 0.3 is 0 Å². The minimum atomic E-state index is 0.740. The van der Waals surface area contributed by atoms with Crippen molar-refractivity contribution in [1.82, 2.24) is 9.88 Å². The molecule has 1 aliphatic rings. The number of rotatable bonds is 14. The monoisotopic (exact) mass is 429 g/mol. The number of piperidine rings is 1. The summed E-state index contributed by atoms with van der Waals surface area (Å²) < 4.78 is 0. The van der Waals surface area contributed by atoms with Crippen molar-refractivity contribution in [1.29, 1.82) is 0 Å². The Balaban J connectivity index is 1.13. The zero-order chi connectivity index (χ0) is 20.9. The van der Waals surface area contributed by atoms with Crippen molar-refractivity contribution >= 4 is 28.2 Å². The Hall–Kier alpha value is -1.32. The molecule has 1 aliphatic heterocycles. The minimum absolute atomic E-state index is 0.740. The van der Waals surface area contributed by atoms with Gasteiger partial charge in [0.05, 0.1) is 5.52 Å². The molecule has 1 aromatic heterocycles. The van der Waals surface area contributed by atoms with Crippen molar-refractivity contribution in [3.8, 4) is 0 Å². The van der Waals surface area contributed by atoms with Gasteiger partial charge in [0.1, 0.15) is 0 Å². The predicted molar refractivity (Wildman–Crippen MR) is 132 cm³/mol. The summed E-state index contributed by atoms with van der Waals surface area (Å²) in [5.41, 5.74) is 2.12. The lowest BCUT2D eigenvalue weighted by molar-refractivity contribution is 0.224. The third-order valence-electron chi connectivity index (χ3n) is 6.37. The quantitative estimate of drug-likeness (QED) is 0.312. The van der Waals surface area contributed by atoms with Crippen molar-refractivity contribution in [2.24, 2.45) is 0 Å². The van der Waals surface area contributed by atoms with E-state index in [2.05, 4.69) is 27.3 Å². The Kier molecular flexibility index (Phi) is 10.8. The van der Waals surface area contributed by atoms with Crippen molar-refractivity contribution in [2.45, 2.75) is 83.5 Å². The maximum absolute atomic E-state index is 6.07. The minimum Gasteiger partial charge on any atom is -0.384 e. The second-order valence-corrected chi connectivity index (χ2v) is 9.32. The van der Waals surface area contributed by atoms with Gasteiger partial charge in [-0.2, -0.15) is 0 Å². The van der Waals surface area contributed by atoms with Crippen LogP contribution in [0.5, 0.6) is 0 Å². The first-order valence-electron chi connectivity index (χ1n) is 12.3. The molecule has 1 N–H and O–H groups in total. The second-order valence-electron chi connectivity index (χ2n) is 8.88. The Morgan fingerprint density at radius 3 is 2.20 bits per heavy atom. The second kappa shape index (κ2) is 13.9. The maximum atomic E-state index is 6.07. The molecular formula is C26H40ClN3. The molecule has 0 unspecified atom stereocenters. The molecule has 3 rings (SSSR count). The highest BCUT2D eigenvalue weighted by Crippen LogP contribution is 2.24. The maximum Gasteiger partial charge on any atom is 0.0737 e. The molecule has 0 radical (unpaired) electrons. The highest BCUT2D eigenvalue weighted by Gasteiger charge is 2.08. The number of hydrogen-bond acceptors (Lipinski definition) is 3. The van der Waals surface area contributed by atoms with E-state index in [1.165, 1.54) is 103 Å². The molecule has 3 nitrogen and oxygen atoms in total. The fourth-order valence-corrected chi connectivity index (χ4v) is 4.72. The number of pyridine rings is 1. The zero-order valence-corrected chi connectivity index (χ0v) is 19.4. The van der Waals surface area contributed by atoms with Crippen LogP contribution < -0.4 is 5.32 Å². The molecule has 166 valence electrons. The number of nitrogens with zero attached hydrogens (tertiary/aromatic N) is 2. The topological polar surface area (TPSA) is 28.2 Å². The van der Waals surface area contributed by atoms with Crippen molar-refractivity contribution in [3.63, 3.8) is 0 Å². The number of aromatic nitrogens is 1. The number of fused-ring (bicyclic) bond motifs is 1. The summed E-state index contributed by atoms with van der Waals surface area (Å²) in [6, 6.07) is 7.98. The van der Waals surface area contributed by atoms with Crippen molar-refractivity contribution in [3.05, 3.63) is 35.5 Å². The molecule has 1 saturated heterocycles. The molecule has 0 spiro atoms. The van der Waals surface area contributed by atoms with Crippen LogP contribution in [0.2, 0.25) is 5.02 Å². The molecule has 1 aromatic carbocycles. The number of halogens is 1. The Morgan fingerprint density at radius 2 is 1.47 bits per heavy atom. The van der Waals surface area contributed by atoms with Crippen LogP contribution in [0.4, 0.5) is 5.69 Å². The van der Waals surface area contributed by atoms with Gasteiger partial charge in [-0.25, -0.2) is 0 Å². The molecule has 30 heavy (non-hydrogen) atoms. The highest BCUT2D eigenvalue weighted by atomic mass is 35.5. The van der Waals surface area contributed by atoms with E-state index in [1.807, 2.05) is 18.3 Å². The lowest BCUT2D eigenvalue weighted by Gasteiger charge is -2.26. The molecule has 0 amide bonds. The fraction of sp³-hybridized carbons (Fsp3) is 0.654. The predicted octanol–water partition coefficient (Wildman–Crippen LogP) is 7.69. The first-order chi connectivity index (χ1) is 14.8. The molecule has 4 heteroatoms. The van der Waals surface area contributed by atoms with Gasteiger partial charge in [-0.3, -0.25) is 4.98 Å². The summed E-state index contributed by atoms with van der Waals surface area (Å²) in [4.78, 5) is 7.08. The van der Waals surface area contributed by atoms with Crippen molar-refractivity contribution < 1.29 is 0 Å². The van der Waals surface area contributed by atoms with Gasteiger partial charge in [-0.15, -0.1) is 0 Å². The van der Waals surface area contributed by atoms with Crippen LogP contribution >= 0.6 is 11.6 Å². The average molecular weight is 430 g/mol.